The van der Waals surface area contributed by atoms with Crippen LogP contribution in [0.3, 0.4) is 0 Å². The average molecular weight is 437 g/mol. The Morgan fingerprint density at radius 3 is 2.40 bits per heavy atom. The Morgan fingerprint density at radius 2 is 1.73 bits per heavy atom. The lowest BCUT2D eigenvalue weighted by atomic mass is 10.1. The van der Waals surface area contributed by atoms with Crippen LogP contribution in [0.2, 0.25) is 5.02 Å². The fourth-order valence-corrected chi connectivity index (χ4v) is 3.47. The minimum absolute atomic E-state index is 0.255. The van der Waals surface area contributed by atoms with Crippen molar-refractivity contribution in [1.82, 2.24) is 5.43 Å². The molecule has 3 aromatic rings. The molecule has 1 N–H and O–H groups in total. The highest BCUT2D eigenvalue weighted by molar-refractivity contribution is 7.98. The highest BCUT2D eigenvalue weighted by atomic mass is 35.5. The topological polar surface area (TPSA) is 50.7 Å². The highest BCUT2D eigenvalue weighted by Gasteiger charge is 2.04. The molecule has 0 saturated carbocycles. The second-order valence-corrected chi connectivity index (χ2v) is 7.79. The van der Waals surface area contributed by atoms with E-state index in [2.05, 4.69) is 17.1 Å². The van der Waals surface area contributed by atoms with Gasteiger partial charge in [0.1, 0.15) is 12.4 Å². The molecule has 0 fully saturated rings. The van der Waals surface area contributed by atoms with Gasteiger partial charge in [-0.15, -0.1) is 11.8 Å². The van der Waals surface area contributed by atoms with E-state index in [1.165, 1.54) is 0 Å². The molecule has 4 nitrogen and oxygen atoms in total. The van der Waals surface area contributed by atoms with Gasteiger partial charge in [-0.25, -0.2) is 5.43 Å². The quantitative estimate of drug-likeness (QED) is 0.195. The van der Waals surface area contributed by atoms with Crippen molar-refractivity contribution >= 4 is 35.5 Å². The molecular formula is C24H21ClN2O2S. The van der Waals surface area contributed by atoms with Gasteiger partial charge in [0, 0.05) is 21.2 Å². The van der Waals surface area contributed by atoms with Crippen LogP contribution < -0.4 is 10.2 Å². The minimum Gasteiger partial charge on any atom is -0.490 e. The van der Waals surface area contributed by atoms with E-state index in [4.69, 9.17) is 16.3 Å². The molecule has 0 aliphatic heterocycles. The Kier molecular flexibility index (Phi) is 8.12. The Balaban J connectivity index is 1.48. The smallest absolute Gasteiger partial charge is 0.271 e. The summed E-state index contributed by atoms with van der Waals surface area (Å²) in [6.45, 7) is 4.07. The van der Waals surface area contributed by atoms with Crippen molar-refractivity contribution in [2.24, 2.45) is 5.10 Å². The summed E-state index contributed by atoms with van der Waals surface area (Å²) in [5.74, 6) is 1.31. The third-order valence-electron chi connectivity index (χ3n) is 4.06. The number of hydrazone groups is 1. The normalized spacial score (nSPS) is 10.7. The third kappa shape index (κ3) is 6.79. The van der Waals surface area contributed by atoms with E-state index in [0.29, 0.717) is 12.2 Å². The molecule has 0 heterocycles. The van der Waals surface area contributed by atoms with Crippen molar-refractivity contribution < 1.29 is 9.53 Å². The van der Waals surface area contributed by atoms with Crippen LogP contribution >= 0.6 is 23.4 Å². The molecule has 0 aliphatic carbocycles. The predicted octanol–water partition coefficient (Wildman–Crippen LogP) is 5.96. The summed E-state index contributed by atoms with van der Waals surface area (Å²) in [5, 5.41) is 4.75. The van der Waals surface area contributed by atoms with Crippen molar-refractivity contribution in [3.8, 4) is 5.75 Å². The summed E-state index contributed by atoms with van der Waals surface area (Å²) < 4.78 is 5.43. The van der Waals surface area contributed by atoms with Crippen molar-refractivity contribution in [3.05, 3.63) is 107 Å². The molecule has 6 heteroatoms. The number of hydrogen-bond acceptors (Lipinski definition) is 4. The summed E-state index contributed by atoms with van der Waals surface area (Å²) in [7, 11) is 0. The van der Waals surface area contributed by atoms with Crippen LogP contribution in [-0.4, -0.2) is 18.7 Å². The van der Waals surface area contributed by atoms with Gasteiger partial charge in [-0.05, 0) is 71.8 Å². The van der Waals surface area contributed by atoms with E-state index >= 15 is 0 Å². The molecule has 30 heavy (non-hydrogen) atoms. The lowest BCUT2D eigenvalue weighted by molar-refractivity contribution is 0.0955. The Bertz CT molecular complexity index is 1000. The number of hydrogen-bond donors (Lipinski definition) is 1. The molecule has 0 atom stereocenters. The Hall–Kier alpha value is -3.02. The van der Waals surface area contributed by atoms with E-state index in [-0.39, 0.29) is 5.91 Å². The van der Waals surface area contributed by atoms with Gasteiger partial charge in [-0.1, -0.05) is 36.4 Å². The SMILES string of the molecule is C=CCOc1ccc(/C=N/NC(=O)c2ccc(CSc3ccc(Cl)cc3)cc2)cc1. The highest BCUT2D eigenvalue weighted by Crippen LogP contribution is 2.24. The molecule has 0 unspecified atom stereocenters. The predicted molar refractivity (Wildman–Crippen MR) is 125 cm³/mol. The molecule has 3 rings (SSSR count). The van der Waals surface area contributed by atoms with Crippen molar-refractivity contribution in [2.75, 3.05) is 6.61 Å². The van der Waals surface area contributed by atoms with E-state index in [9.17, 15) is 4.79 Å². The third-order valence-corrected chi connectivity index (χ3v) is 5.40. The van der Waals surface area contributed by atoms with Gasteiger partial charge in [0.15, 0.2) is 0 Å². The van der Waals surface area contributed by atoms with Crippen LogP contribution in [0.25, 0.3) is 0 Å². The number of rotatable bonds is 9. The van der Waals surface area contributed by atoms with Gasteiger partial charge in [-0.3, -0.25) is 4.79 Å². The molecule has 0 aromatic heterocycles. The monoisotopic (exact) mass is 436 g/mol. The maximum atomic E-state index is 12.3. The van der Waals surface area contributed by atoms with Gasteiger partial charge < -0.3 is 4.74 Å². The lowest BCUT2D eigenvalue weighted by Crippen LogP contribution is -2.17. The summed E-state index contributed by atoms with van der Waals surface area (Å²) >= 11 is 7.62. The number of ether oxygens (including phenoxy) is 1. The van der Waals surface area contributed by atoms with Crippen LogP contribution in [0.5, 0.6) is 5.75 Å². The van der Waals surface area contributed by atoms with Gasteiger partial charge in [0.25, 0.3) is 5.91 Å². The van der Waals surface area contributed by atoms with Gasteiger partial charge in [0.05, 0.1) is 6.21 Å². The van der Waals surface area contributed by atoms with E-state index in [1.54, 1.807) is 36.2 Å². The number of carbonyl (C=O) groups is 1. The molecule has 0 saturated heterocycles. The van der Waals surface area contributed by atoms with Crippen molar-refractivity contribution in [2.45, 2.75) is 10.6 Å². The largest absolute Gasteiger partial charge is 0.490 e. The first-order chi connectivity index (χ1) is 14.6. The Morgan fingerprint density at radius 1 is 1.03 bits per heavy atom. The van der Waals surface area contributed by atoms with E-state index < -0.39 is 0 Å². The van der Waals surface area contributed by atoms with Gasteiger partial charge in [-0.2, -0.15) is 5.10 Å². The molecular weight excluding hydrogens is 416 g/mol. The van der Waals surface area contributed by atoms with Gasteiger partial charge in [0.2, 0.25) is 0 Å². The zero-order valence-electron chi connectivity index (χ0n) is 16.3. The second kappa shape index (κ2) is 11.2. The van der Waals surface area contributed by atoms with Crippen molar-refractivity contribution in [3.63, 3.8) is 0 Å². The van der Waals surface area contributed by atoms with Crippen molar-refractivity contribution in [1.29, 1.82) is 0 Å². The molecule has 0 bridgehead atoms. The zero-order chi connectivity index (χ0) is 21.2. The van der Waals surface area contributed by atoms with Gasteiger partial charge >= 0.3 is 0 Å². The number of benzene rings is 3. The first-order valence-electron chi connectivity index (χ1n) is 9.28. The zero-order valence-corrected chi connectivity index (χ0v) is 17.8. The maximum Gasteiger partial charge on any atom is 0.271 e. The summed E-state index contributed by atoms with van der Waals surface area (Å²) in [4.78, 5) is 13.4. The maximum absolute atomic E-state index is 12.3. The van der Waals surface area contributed by atoms with E-state index in [1.807, 2.05) is 60.7 Å². The Labute approximate surface area is 185 Å². The standard InChI is InChI=1S/C24H21ClN2O2S/c1-2-15-29-22-11-5-18(6-12-22)16-26-27-24(28)20-7-3-19(4-8-20)17-30-23-13-9-21(25)10-14-23/h2-14,16H,1,15,17H2,(H,27,28)/b26-16+. The summed E-state index contributed by atoms with van der Waals surface area (Å²) in [6.07, 6.45) is 3.28. The molecule has 3 aromatic carbocycles. The average Bonchev–Trinajstić information content (AvgIpc) is 2.78. The number of nitrogens with zero attached hydrogens (tertiary/aromatic N) is 1. The van der Waals surface area contributed by atoms with Crippen LogP contribution in [0.4, 0.5) is 0 Å². The van der Waals surface area contributed by atoms with Crippen LogP contribution in [0, 0.1) is 0 Å². The number of thioether (sulfide) groups is 1. The molecule has 0 radical (unpaired) electrons. The summed E-state index contributed by atoms with van der Waals surface area (Å²) in [6, 6.07) is 22.6. The number of nitrogens with one attached hydrogen (secondary N) is 1. The first kappa shape index (κ1) is 21.7. The minimum atomic E-state index is -0.255. The van der Waals surface area contributed by atoms with Crippen LogP contribution in [0.1, 0.15) is 21.5 Å². The molecule has 1 amide bonds. The summed E-state index contributed by atoms with van der Waals surface area (Å²) in [5.41, 5.74) is 5.09. The fraction of sp³-hybridized carbons (Fsp3) is 0.0833. The number of carbonyl (C=O) groups excluding carboxylic acids is 1. The second-order valence-electron chi connectivity index (χ2n) is 6.31. The molecule has 0 spiro atoms. The number of halogens is 1. The first-order valence-corrected chi connectivity index (χ1v) is 10.6. The van der Waals surface area contributed by atoms with Crippen LogP contribution in [-0.2, 0) is 5.75 Å². The molecule has 152 valence electrons. The molecule has 0 aliphatic rings. The fourth-order valence-electron chi connectivity index (χ4n) is 2.49. The lowest BCUT2D eigenvalue weighted by Gasteiger charge is -2.04. The van der Waals surface area contributed by atoms with E-state index in [0.717, 1.165) is 32.5 Å². The number of amides is 1. The van der Waals surface area contributed by atoms with Crippen LogP contribution in [0.15, 0.2) is 95.4 Å².